The van der Waals surface area contributed by atoms with Gasteiger partial charge in [0.1, 0.15) is 0 Å². The van der Waals surface area contributed by atoms with Gasteiger partial charge < -0.3 is 15.5 Å². The summed E-state index contributed by atoms with van der Waals surface area (Å²) in [5.74, 6) is -0.0905. The summed E-state index contributed by atoms with van der Waals surface area (Å²) in [7, 11) is 0. The van der Waals surface area contributed by atoms with E-state index in [-0.39, 0.29) is 12.5 Å². The summed E-state index contributed by atoms with van der Waals surface area (Å²) in [6, 6.07) is -0.577. The van der Waals surface area contributed by atoms with E-state index in [1.807, 2.05) is 0 Å². The van der Waals surface area contributed by atoms with Crippen LogP contribution in [0.15, 0.2) is 109 Å². The van der Waals surface area contributed by atoms with E-state index >= 15 is 0 Å². The Bertz CT molecular complexity index is 1280. The van der Waals surface area contributed by atoms with Crippen LogP contribution < -0.4 is 5.32 Å². The number of hydrogen-bond acceptors (Lipinski definition) is 3. The molecule has 0 heterocycles. The Kier molecular flexibility index (Phi) is 54.8. The van der Waals surface area contributed by atoms with Crippen molar-refractivity contribution >= 4 is 5.91 Å². The number of aliphatic hydroxyl groups excluding tert-OH is 2. The molecule has 0 aromatic heterocycles. The van der Waals surface area contributed by atoms with Crippen LogP contribution in [0, 0.1) is 0 Å². The Hall–Kier alpha value is -2.95. The van der Waals surface area contributed by atoms with Gasteiger partial charge in [0, 0.05) is 6.42 Å². The van der Waals surface area contributed by atoms with Gasteiger partial charge >= 0.3 is 0 Å². The molecule has 67 heavy (non-hydrogen) atoms. The van der Waals surface area contributed by atoms with Crippen molar-refractivity contribution in [3.05, 3.63) is 109 Å². The molecule has 0 saturated carbocycles. The standard InChI is InChI=1S/C63H109NO3/c1-3-5-7-9-11-13-15-17-19-21-23-25-27-29-31-32-33-35-37-39-41-43-45-47-49-51-53-55-57-59-63(67)64-61(60-65)62(66)58-56-54-52-50-48-46-44-42-40-38-36-34-30-28-26-24-22-20-18-16-14-12-10-8-6-4-2/h5,7,11,13,17,19,23,25,29,31,33,35,39,41,45,47,51,53,61-62,65-66H,3-4,6,8-10,12,14-16,18,20-22,24,26-28,30,32,34,36-38,40,42-44,46,48-50,52,54-60H2,1-2H3,(H,64,67)/b7-5-,13-11-,19-17-,25-23-,31-29-,35-33-,41-39-,47-45-,53-51-. The molecule has 0 saturated heterocycles. The summed E-state index contributed by atoms with van der Waals surface area (Å²) in [6.45, 7) is 4.23. The van der Waals surface area contributed by atoms with Gasteiger partial charge in [0.15, 0.2) is 0 Å². The highest BCUT2D eigenvalue weighted by molar-refractivity contribution is 5.76. The number of unbranched alkanes of at least 4 members (excludes halogenated alkanes) is 26. The number of nitrogens with one attached hydrogen (secondary N) is 1. The molecule has 0 aliphatic heterocycles. The maximum Gasteiger partial charge on any atom is 0.220 e. The lowest BCUT2D eigenvalue weighted by Gasteiger charge is -2.22. The summed E-state index contributed by atoms with van der Waals surface area (Å²) in [4.78, 5) is 12.5. The Morgan fingerprint density at radius 1 is 0.373 bits per heavy atom. The SMILES string of the molecule is CC/C=C\C/C=C\C/C=C\C/C=C\C/C=C\C/C=C\C/C=C\C/C=C\C/C=C\CCCC(=O)NC(CO)C(O)CCCCCCCCCCCCCCCCCCCCCCCCCCCC. The van der Waals surface area contributed by atoms with E-state index in [0.29, 0.717) is 12.8 Å². The third kappa shape index (κ3) is 53.9. The second-order valence-corrected chi connectivity index (χ2v) is 19.0. The average molecular weight is 929 g/mol. The van der Waals surface area contributed by atoms with E-state index in [2.05, 4.69) is 129 Å². The van der Waals surface area contributed by atoms with Crippen LogP contribution in [0.25, 0.3) is 0 Å². The van der Waals surface area contributed by atoms with E-state index in [9.17, 15) is 15.0 Å². The van der Waals surface area contributed by atoms with E-state index in [4.69, 9.17) is 0 Å². The van der Waals surface area contributed by atoms with Gasteiger partial charge in [-0.05, 0) is 77.0 Å². The smallest absolute Gasteiger partial charge is 0.220 e. The lowest BCUT2D eigenvalue weighted by Crippen LogP contribution is -2.45. The first-order valence-corrected chi connectivity index (χ1v) is 28.6. The highest BCUT2D eigenvalue weighted by Gasteiger charge is 2.19. The maximum absolute atomic E-state index is 12.5. The molecule has 0 bridgehead atoms. The number of hydrogen-bond donors (Lipinski definition) is 3. The summed E-state index contributed by atoms with van der Waals surface area (Å²) in [5.41, 5.74) is 0. The van der Waals surface area contributed by atoms with Gasteiger partial charge in [0.05, 0.1) is 18.8 Å². The third-order valence-electron chi connectivity index (χ3n) is 12.5. The van der Waals surface area contributed by atoms with E-state index in [0.717, 1.165) is 83.5 Å². The first-order chi connectivity index (χ1) is 33.2. The highest BCUT2D eigenvalue weighted by atomic mass is 16.3. The zero-order chi connectivity index (χ0) is 48.5. The fourth-order valence-electron chi connectivity index (χ4n) is 8.25. The number of rotatable bonds is 51. The van der Waals surface area contributed by atoms with Crippen LogP contribution in [-0.2, 0) is 4.79 Å². The molecule has 0 aliphatic carbocycles. The minimum atomic E-state index is -0.693. The van der Waals surface area contributed by atoms with E-state index < -0.39 is 12.1 Å². The van der Waals surface area contributed by atoms with Crippen molar-refractivity contribution in [3.8, 4) is 0 Å². The lowest BCUT2D eigenvalue weighted by molar-refractivity contribution is -0.123. The third-order valence-corrected chi connectivity index (χ3v) is 12.5. The van der Waals surface area contributed by atoms with Crippen molar-refractivity contribution < 1.29 is 15.0 Å². The molecule has 2 unspecified atom stereocenters. The Morgan fingerprint density at radius 2 is 0.642 bits per heavy atom. The minimum absolute atomic E-state index is 0.0905. The number of allylic oxidation sites excluding steroid dienone is 18. The number of amides is 1. The van der Waals surface area contributed by atoms with Crippen molar-refractivity contribution in [1.29, 1.82) is 0 Å². The second-order valence-electron chi connectivity index (χ2n) is 19.0. The van der Waals surface area contributed by atoms with Gasteiger partial charge in [-0.3, -0.25) is 4.79 Å². The van der Waals surface area contributed by atoms with Crippen LogP contribution in [0.3, 0.4) is 0 Å². The number of aliphatic hydroxyl groups is 2. The Morgan fingerprint density at radius 3 is 0.925 bits per heavy atom. The normalized spacial score (nSPS) is 13.7. The fourth-order valence-corrected chi connectivity index (χ4v) is 8.25. The first kappa shape index (κ1) is 64.0. The Balaban J connectivity index is 3.62. The van der Waals surface area contributed by atoms with Crippen molar-refractivity contribution in [2.24, 2.45) is 0 Å². The molecule has 3 N–H and O–H groups in total. The van der Waals surface area contributed by atoms with Gasteiger partial charge in [-0.2, -0.15) is 0 Å². The number of carbonyl (C=O) groups excluding carboxylic acids is 1. The van der Waals surface area contributed by atoms with Gasteiger partial charge in [0.25, 0.3) is 0 Å². The minimum Gasteiger partial charge on any atom is -0.394 e. The zero-order valence-electron chi connectivity index (χ0n) is 44.1. The van der Waals surface area contributed by atoms with Gasteiger partial charge in [-0.25, -0.2) is 0 Å². The van der Waals surface area contributed by atoms with Crippen molar-refractivity contribution in [1.82, 2.24) is 5.32 Å². The molecule has 1 amide bonds. The van der Waals surface area contributed by atoms with Gasteiger partial charge in [-0.15, -0.1) is 0 Å². The molecule has 0 aromatic rings. The second kappa shape index (κ2) is 57.4. The van der Waals surface area contributed by atoms with Crippen molar-refractivity contribution in [3.63, 3.8) is 0 Å². The summed E-state index contributed by atoms with van der Waals surface area (Å²) in [6.07, 6.45) is 86.5. The maximum atomic E-state index is 12.5. The van der Waals surface area contributed by atoms with E-state index in [1.165, 1.54) is 154 Å². The Labute approximate surface area is 416 Å². The van der Waals surface area contributed by atoms with Gasteiger partial charge in [0.2, 0.25) is 5.91 Å². The molecule has 0 aliphatic rings. The van der Waals surface area contributed by atoms with Crippen molar-refractivity contribution in [2.75, 3.05) is 6.61 Å². The van der Waals surface area contributed by atoms with Gasteiger partial charge in [-0.1, -0.05) is 290 Å². The van der Waals surface area contributed by atoms with Crippen LogP contribution in [0.4, 0.5) is 0 Å². The molecule has 4 heteroatoms. The van der Waals surface area contributed by atoms with Crippen LogP contribution >= 0.6 is 0 Å². The topological polar surface area (TPSA) is 69.6 Å². The van der Waals surface area contributed by atoms with Crippen LogP contribution in [0.1, 0.15) is 264 Å². The quantitative estimate of drug-likeness (QED) is 0.0420. The molecule has 384 valence electrons. The number of carbonyl (C=O) groups is 1. The largest absolute Gasteiger partial charge is 0.394 e. The molecule has 2 atom stereocenters. The lowest BCUT2D eigenvalue weighted by atomic mass is 10.0. The van der Waals surface area contributed by atoms with Crippen LogP contribution in [0.5, 0.6) is 0 Å². The molecule has 0 aromatic carbocycles. The molecule has 0 spiro atoms. The average Bonchev–Trinajstić information content (AvgIpc) is 3.33. The summed E-state index contributed by atoms with van der Waals surface area (Å²) in [5, 5.41) is 23.3. The molecular formula is C63H109NO3. The summed E-state index contributed by atoms with van der Waals surface area (Å²) >= 11 is 0. The van der Waals surface area contributed by atoms with Crippen molar-refractivity contribution in [2.45, 2.75) is 276 Å². The van der Waals surface area contributed by atoms with Crippen LogP contribution in [-0.4, -0.2) is 34.9 Å². The molecule has 0 radical (unpaired) electrons. The molecule has 0 fully saturated rings. The van der Waals surface area contributed by atoms with E-state index in [1.54, 1.807) is 0 Å². The fraction of sp³-hybridized carbons (Fsp3) is 0.698. The predicted molar refractivity (Wildman–Crippen MR) is 299 cm³/mol. The first-order valence-electron chi connectivity index (χ1n) is 28.6. The summed E-state index contributed by atoms with van der Waals surface area (Å²) < 4.78 is 0. The van der Waals surface area contributed by atoms with Crippen LogP contribution in [0.2, 0.25) is 0 Å². The highest BCUT2D eigenvalue weighted by Crippen LogP contribution is 2.17. The molecule has 4 nitrogen and oxygen atoms in total. The predicted octanol–water partition coefficient (Wildman–Crippen LogP) is 19.1. The molecular weight excluding hydrogens is 819 g/mol. The molecule has 0 rings (SSSR count). The zero-order valence-corrected chi connectivity index (χ0v) is 44.1. The monoisotopic (exact) mass is 928 g/mol.